The van der Waals surface area contributed by atoms with Crippen LogP contribution in [0.5, 0.6) is 0 Å². The van der Waals surface area contributed by atoms with Crippen LogP contribution in [0.15, 0.2) is 41.6 Å². The summed E-state index contributed by atoms with van der Waals surface area (Å²) in [6, 6.07) is 4.56. The summed E-state index contributed by atoms with van der Waals surface area (Å²) in [4.78, 5) is 64.9. The molecule has 344 valence electrons. The Morgan fingerprint density at radius 2 is 1.71 bits per heavy atom. The van der Waals surface area contributed by atoms with Gasteiger partial charge in [-0.25, -0.2) is 27.5 Å². The number of aryl methyl sites for hydroxylation is 1. The summed E-state index contributed by atoms with van der Waals surface area (Å²) in [6.07, 6.45) is 6.77. The normalized spacial score (nSPS) is 25.6. The number of imidazole rings is 1. The number of anilines is 3. The summed E-state index contributed by atoms with van der Waals surface area (Å²) < 4.78 is 56.1. The van der Waals surface area contributed by atoms with Gasteiger partial charge in [-0.05, 0) is 62.6 Å². The van der Waals surface area contributed by atoms with Crippen molar-refractivity contribution in [1.82, 2.24) is 48.6 Å². The van der Waals surface area contributed by atoms with Crippen molar-refractivity contribution in [2.45, 2.75) is 75.6 Å². The number of ether oxygens (including phenoxy) is 1. The molecule has 3 atom stereocenters. The monoisotopic (exact) mass is 899 g/mol. The summed E-state index contributed by atoms with van der Waals surface area (Å²) in [6.45, 7) is 8.48. The molecule has 21 heteroatoms. The molecule has 0 spiro atoms. The van der Waals surface area contributed by atoms with Crippen LogP contribution in [0.2, 0.25) is 0 Å². The van der Waals surface area contributed by atoms with E-state index < -0.39 is 41.5 Å². The van der Waals surface area contributed by atoms with Crippen molar-refractivity contribution in [2.24, 2.45) is 18.9 Å². The van der Waals surface area contributed by atoms with Crippen molar-refractivity contribution in [3.8, 4) is 0 Å². The molecule has 5 saturated heterocycles. The molecule has 6 fully saturated rings. The fourth-order valence-corrected chi connectivity index (χ4v) is 11.1. The largest absolute Gasteiger partial charge is 0.374 e. The zero-order chi connectivity index (χ0) is 44.7. The topological polar surface area (TPSA) is 172 Å². The van der Waals surface area contributed by atoms with Crippen molar-refractivity contribution in [3.63, 3.8) is 0 Å². The first kappa shape index (κ1) is 41.9. The van der Waals surface area contributed by atoms with Gasteiger partial charge in [0.05, 0.1) is 47.9 Å². The quantitative estimate of drug-likeness (QED) is 0.186. The van der Waals surface area contributed by atoms with E-state index in [1.165, 1.54) is 26.9 Å². The summed E-state index contributed by atoms with van der Waals surface area (Å²) in [5.41, 5.74) is 0.505. The number of alkyl halides is 2. The molecule has 5 aliphatic heterocycles. The van der Waals surface area contributed by atoms with Crippen LogP contribution >= 0.6 is 0 Å². The number of rotatable bonds is 11. The first-order valence-corrected chi connectivity index (χ1v) is 22.8. The Hall–Kier alpha value is -5.80. The summed E-state index contributed by atoms with van der Waals surface area (Å²) >= 11 is 0. The van der Waals surface area contributed by atoms with E-state index >= 15 is 4.39 Å². The number of imide groups is 1. The van der Waals surface area contributed by atoms with Crippen LogP contribution in [-0.4, -0.2) is 139 Å². The second-order valence-electron chi connectivity index (χ2n) is 18.8. The van der Waals surface area contributed by atoms with Crippen molar-refractivity contribution in [1.29, 1.82) is 0 Å². The lowest BCUT2D eigenvalue weighted by molar-refractivity contribution is -0.135. The first-order valence-electron chi connectivity index (χ1n) is 22.8. The number of carbonyl (C=O) groups excluding carboxylic acids is 3. The number of nitrogens with one attached hydrogen (secondary N) is 2. The molecule has 6 aliphatic rings. The highest BCUT2D eigenvalue weighted by atomic mass is 19.3. The number of aromatic nitrogens is 7. The molecule has 1 aromatic carbocycles. The predicted molar refractivity (Wildman–Crippen MR) is 232 cm³/mol. The molecule has 4 aromatic heterocycles. The highest BCUT2D eigenvalue weighted by molar-refractivity contribution is 6.08. The van der Waals surface area contributed by atoms with Crippen LogP contribution in [0, 0.1) is 17.7 Å². The molecule has 2 N–H and O–H groups in total. The number of piperazine rings is 1. The lowest BCUT2D eigenvalue weighted by Gasteiger charge is -2.45. The van der Waals surface area contributed by atoms with Crippen molar-refractivity contribution in [3.05, 3.63) is 64.3 Å². The van der Waals surface area contributed by atoms with E-state index in [9.17, 15) is 28.0 Å². The standard InChI is InChI=1S/C44H52F3N13O5/c1-53-39-33(60(44(53)64)34-8-9-36(61)51-43(34)63)7-6-32(37(39)45)56-20-26(21-56)19-55-14-12-54(13-15-55)18-25-2-4-27(5-3-25)59-23-31(38(52-59)40(46)47)49-42(62)30-17-48-58-11-10-35(50-41(30)58)57-22-29-16-28(57)24-65-29/h6-7,10-11,17,23,25-29,34,40H,2-5,8-9,12-16,18-22,24H2,1H3,(H,49,62)(H,51,61,63)/t25-,27-,28-,29-,34?/m1/s1. The van der Waals surface area contributed by atoms with E-state index in [0.717, 1.165) is 83.7 Å². The van der Waals surface area contributed by atoms with Gasteiger partial charge < -0.3 is 29.7 Å². The summed E-state index contributed by atoms with van der Waals surface area (Å²) in [5, 5.41) is 13.6. The van der Waals surface area contributed by atoms with E-state index in [0.29, 0.717) is 48.4 Å². The second-order valence-corrected chi connectivity index (χ2v) is 18.8. The van der Waals surface area contributed by atoms with Gasteiger partial charge in [0.25, 0.3) is 12.3 Å². The van der Waals surface area contributed by atoms with Gasteiger partial charge in [0.1, 0.15) is 22.9 Å². The number of carbonyl (C=O) groups is 3. The van der Waals surface area contributed by atoms with Gasteiger partial charge in [0.2, 0.25) is 11.8 Å². The van der Waals surface area contributed by atoms with Crippen molar-refractivity contribution < 1.29 is 32.3 Å². The highest BCUT2D eigenvalue weighted by Crippen LogP contribution is 2.37. The maximum absolute atomic E-state index is 16.0. The van der Waals surface area contributed by atoms with E-state index in [1.54, 1.807) is 29.2 Å². The second kappa shape index (κ2) is 16.6. The van der Waals surface area contributed by atoms with Gasteiger partial charge in [-0.1, -0.05) is 0 Å². The van der Waals surface area contributed by atoms with Crippen molar-refractivity contribution in [2.75, 3.05) is 80.6 Å². The number of morpholine rings is 1. The Labute approximate surface area is 371 Å². The van der Waals surface area contributed by atoms with Gasteiger partial charge in [0.15, 0.2) is 17.2 Å². The van der Waals surface area contributed by atoms with Crippen LogP contribution in [0.1, 0.15) is 79.5 Å². The molecule has 3 amide bonds. The molecule has 5 aromatic rings. The molecule has 1 unspecified atom stereocenters. The Morgan fingerprint density at radius 1 is 0.954 bits per heavy atom. The van der Waals surface area contributed by atoms with Crippen LogP contribution in [-0.2, 0) is 21.4 Å². The smallest absolute Gasteiger partial charge is 0.329 e. The Morgan fingerprint density at radius 3 is 2.40 bits per heavy atom. The van der Waals surface area contributed by atoms with Gasteiger partial charge in [0, 0.05) is 90.7 Å². The molecule has 1 aliphatic carbocycles. The maximum atomic E-state index is 16.0. The minimum absolute atomic E-state index is 0.00915. The zero-order valence-corrected chi connectivity index (χ0v) is 36.1. The van der Waals surface area contributed by atoms with Gasteiger partial charge in [-0.15, -0.1) is 0 Å². The van der Waals surface area contributed by atoms with Gasteiger partial charge in [-0.2, -0.15) is 10.2 Å². The molecule has 11 rings (SSSR count). The van der Waals surface area contributed by atoms with E-state index in [2.05, 4.69) is 35.5 Å². The average molecular weight is 900 g/mol. The average Bonchev–Trinajstić information content (AvgIpc) is 4.13. The van der Waals surface area contributed by atoms with Gasteiger partial charge in [-0.3, -0.25) is 33.5 Å². The lowest BCUT2D eigenvalue weighted by Crippen LogP contribution is -2.55. The number of amides is 3. The number of hydrogen-bond acceptors (Lipinski definition) is 12. The van der Waals surface area contributed by atoms with E-state index in [1.807, 2.05) is 11.0 Å². The summed E-state index contributed by atoms with van der Waals surface area (Å²) in [7, 11) is 1.50. The molecule has 65 heavy (non-hydrogen) atoms. The SMILES string of the molecule is Cn1c(=O)n(C2CCC(=O)NC2=O)c2ccc(N3CC(CN4CCN(C[C@H]5CC[C@H](n6cc(NC(=O)c7cnn8ccc(N9C[C@H]%10C[C@@H]9CO%10)nc78)c(C(F)F)n6)CC5)CC4)C3)c(F)c21. The third kappa shape index (κ3) is 7.63. The first-order chi connectivity index (χ1) is 31.4. The third-order valence-electron chi connectivity index (χ3n) is 14.7. The van der Waals surface area contributed by atoms with Crippen molar-refractivity contribution >= 4 is 51.6 Å². The number of nitrogens with zero attached hydrogens (tertiary/aromatic N) is 11. The lowest BCUT2D eigenvalue weighted by atomic mass is 9.85. The molecule has 1 saturated carbocycles. The zero-order valence-electron chi connectivity index (χ0n) is 36.1. The van der Waals surface area contributed by atoms with E-state index in [-0.39, 0.29) is 53.7 Å². The number of piperidine rings is 1. The minimum atomic E-state index is -2.86. The van der Waals surface area contributed by atoms with Crippen LogP contribution in [0.3, 0.4) is 0 Å². The van der Waals surface area contributed by atoms with Gasteiger partial charge >= 0.3 is 5.69 Å². The Balaban J connectivity index is 0.648. The Kier molecular flexibility index (Phi) is 10.7. The molecule has 18 nitrogen and oxygen atoms in total. The number of halogens is 3. The minimum Gasteiger partial charge on any atom is -0.374 e. The van der Waals surface area contributed by atoms with Crippen LogP contribution < -0.4 is 26.1 Å². The predicted octanol–water partition coefficient (Wildman–Crippen LogP) is 3.35. The number of hydrogen-bond donors (Lipinski definition) is 2. The fourth-order valence-electron chi connectivity index (χ4n) is 11.1. The fraction of sp³-hybridized carbons (Fsp3) is 0.568. The third-order valence-corrected chi connectivity index (χ3v) is 14.7. The molecular formula is C44H52F3N13O5. The molecular weight excluding hydrogens is 848 g/mol. The Bertz CT molecular complexity index is 2730. The summed E-state index contributed by atoms with van der Waals surface area (Å²) in [5.74, 6) is -0.389. The van der Waals surface area contributed by atoms with Crippen LogP contribution in [0.4, 0.5) is 30.4 Å². The number of fused-ring (bicyclic) bond motifs is 4. The highest BCUT2D eigenvalue weighted by Gasteiger charge is 2.40. The molecule has 0 radical (unpaired) electrons. The number of benzene rings is 1. The maximum Gasteiger partial charge on any atom is 0.329 e. The molecule has 2 bridgehead atoms. The molecule has 9 heterocycles. The van der Waals surface area contributed by atoms with Crippen LogP contribution in [0.25, 0.3) is 16.7 Å². The van der Waals surface area contributed by atoms with E-state index in [4.69, 9.17) is 9.72 Å².